The molecule has 0 bridgehead atoms. The number of fused-ring (bicyclic) bond motifs is 1. The Kier molecular flexibility index (Phi) is 8.20. The Bertz CT molecular complexity index is 1520. The van der Waals surface area contributed by atoms with Crippen molar-refractivity contribution >= 4 is 28.6 Å². The number of nitrogen functional groups attached to an aromatic ring is 1. The van der Waals surface area contributed by atoms with Crippen LogP contribution in [-0.4, -0.2) is 82.0 Å². The number of amides is 2. The standard InChI is InChI=1S/C31H39N9O2/c1-38-14-16-39(17-15-38)24-10-12-25(13-11-24)40-30-27(29(32)34-20-35-30)28(37-40)22-8-6-21(7-9-22)19-33-31(41)36-23-4-3-5-26(18-23)42-2/h3-9,18,20,24-25H,10-17,19H2,1-2H3,(H2,32,34,35)(H2,33,36,41). The molecule has 0 atom stereocenters. The topological polar surface area (TPSA) is 126 Å². The van der Waals surface area contributed by atoms with E-state index >= 15 is 0 Å². The van der Waals surface area contributed by atoms with E-state index in [4.69, 9.17) is 15.6 Å². The minimum absolute atomic E-state index is 0.283. The smallest absolute Gasteiger partial charge is 0.319 e. The fraction of sp³-hybridized carbons (Fsp3) is 0.419. The average Bonchev–Trinajstić information content (AvgIpc) is 3.42. The molecule has 2 amide bonds. The third kappa shape index (κ3) is 6.02. The van der Waals surface area contributed by atoms with Crippen molar-refractivity contribution < 1.29 is 9.53 Å². The number of anilines is 2. The molecule has 2 aromatic carbocycles. The Morgan fingerprint density at radius 2 is 1.74 bits per heavy atom. The summed E-state index contributed by atoms with van der Waals surface area (Å²) in [6.45, 7) is 4.99. The molecule has 0 radical (unpaired) electrons. The highest BCUT2D eigenvalue weighted by Gasteiger charge is 2.30. The van der Waals surface area contributed by atoms with E-state index in [1.807, 2.05) is 42.5 Å². The molecule has 42 heavy (non-hydrogen) atoms. The van der Waals surface area contributed by atoms with Crippen LogP contribution >= 0.6 is 0 Å². The van der Waals surface area contributed by atoms with E-state index in [0.29, 0.717) is 29.8 Å². The number of hydrogen-bond acceptors (Lipinski definition) is 8. The number of methoxy groups -OCH3 is 1. The first-order valence-corrected chi connectivity index (χ1v) is 14.7. The predicted octanol–water partition coefficient (Wildman–Crippen LogP) is 4.14. The number of benzene rings is 2. The van der Waals surface area contributed by atoms with Crippen LogP contribution < -0.4 is 21.1 Å². The van der Waals surface area contributed by atoms with Gasteiger partial charge in [-0.15, -0.1) is 0 Å². The van der Waals surface area contributed by atoms with Crippen molar-refractivity contribution in [1.29, 1.82) is 0 Å². The van der Waals surface area contributed by atoms with Gasteiger partial charge >= 0.3 is 6.03 Å². The number of ether oxygens (including phenoxy) is 1. The van der Waals surface area contributed by atoms with E-state index in [1.165, 1.54) is 19.2 Å². The lowest BCUT2D eigenvalue weighted by atomic mass is 9.90. The van der Waals surface area contributed by atoms with Crippen LogP contribution in [0.25, 0.3) is 22.3 Å². The molecule has 1 saturated carbocycles. The van der Waals surface area contributed by atoms with E-state index in [-0.39, 0.29) is 12.1 Å². The summed E-state index contributed by atoms with van der Waals surface area (Å²) in [5, 5.41) is 11.6. The summed E-state index contributed by atoms with van der Waals surface area (Å²) in [4.78, 5) is 26.4. The highest BCUT2D eigenvalue weighted by atomic mass is 16.5. The van der Waals surface area contributed by atoms with Crippen LogP contribution in [0.5, 0.6) is 5.75 Å². The van der Waals surface area contributed by atoms with E-state index < -0.39 is 0 Å². The molecule has 1 aliphatic carbocycles. The number of nitrogens with one attached hydrogen (secondary N) is 2. The van der Waals surface area contributed by atoms with E-state index in [9.17, 15) is 4.79 Å². The number of likely N-dealkylation sites (N-methyl/N-ethyl adjacent to an activating group) is 1. The van der Waals surface area contributed by atoms with Gasteiger partial charge in [-0.2, -0.15) is 5.10 Å². The first-order chi connectivity index (χ1) is 20.5. The molecule has 2 aromatic heterocycles. The van der Waals surface area contributed by atoms with Gasteiger partial charge in [0.05, 0.1) is 18.5 Å². The van der Waals surface area contributed by atoms with Crippen molar-refractivity contribution in [2.75, 3.05) is 51.4 Å². The number of aromatic nitrogens is 4. The summed E-state index contributed by atoms with van der Waals surface area (Å²) >= 11 is 0. The van der Waals surface area contributed by atoms with Crippen LogP contribution in [0.2, 0.25) is 0 Å². The number of nitrogens with two attached hydrogens (primary N) is 1. The number of carbonyl (C=O) groups is 1. The number of piperazine rings is 1. The van der Waals surface area contributed by atoms with Gasteiger partial charge in [0.2, 0.25) is 0 Å². The van der Waals surface area contributed by atoms with Gasteiger partial charge in [-0.1, -0.05) is 30.3 Å². The quantitative estimate of drug-likeness (QED) is 0.303. The van der Waals surface area contributed by atoms with Gasteiger partial charge in [-0.25, -0.2) is 19.4 Å². The van der Waals surface area contributed by atoms with Crippen LogP contribution in [0.1, 0.15) is 37.3 Å². The third-order valence-electron chi connectivity index (χ3n) is 8.59. The molecule has 220 valence electrons. The summed E-state index contributed by atoms with van der Waals surface area (Å²) in [5.74, 6) is 1.12. The number of carbonyl (C=O) groups excluding carboxylic acids is 1. The number of urea groups is 1. The highest BCUT2D eigenvalue weighted by Crippen LogP contribution is 2.37. The van der Waals surface area contributed by atoms with Gasteiger partial charge in [-0.05, 0) is 50.4 Å². The summed E-state index contributed by atoms with van der Waals surface area (Å²) in [5.41, 5.74) is 10.5. The summed E-state index contributed by atoms with van der Waals surface area (Å²) in [7, 11) is 3.80. The predicted molar refractivity (Wildman–Crippen MR) is 164 cm³/mol. The Hall–Kier alpha value is -4.22. The highest BCUT2D eigenvalue weighted by molar-refractivity contribution is 5.98. The molecule has 1 aliphatic heterocycles. The molecule has 2 fully saturated rings. The molecule has 0 unspecified atom stereocenters. The molecular formula is C31H39N9O2. The van der Waals surface area contributed by atoms with Crippen molar-refractivity contribution in [3.8, 4) is 17.0 Å². The second-order valence-electron chi connectivity index (χ2n) is 11.3. The van der Waals surface area contributed by atoms with Crippen LogP contribution in [-0.2, 0) is 6.54 Å². The van der Waals surface area contributed by atoms with Crippen LogP contribution in [0, 0.1) is 0 Å². The van der Waals surface area contributed by atoms with Crippen molar-refractivity contribution in [3.05, 3.63) is 60.4 Å². The van der Waals surface area contributed by atoms with Gasteiger partial charge in [-0.3, -0.25) is 4.90 Å². The molecule has 2 aliphatic rings. The van der Waals surface area contributed by atoms with Gasteiger partial charge in [0.25, 0.3) is 0 Å². The molecular weight excluding hydrogens is 530 g/mol. The fourth-order valence-electron chi connectivity index (χ4n) is 6.15. The van der Waals surface area contributed by atoms with Crippen molar-refractivity contribution in [2.45, 2.75) is 44.3 Å². The van der Waals surface area contributed by atoms with Gasteiger partial charge in [0.1, 0.15) is 23.6 Å². The monoisotopic (exact) mass is 569 g/mol. The molecule has 6 rings (SSSR count). The molecule has 4 aromatic rings. The molecule has 0 spiro atoms. The first kappa shape index (κ1) is 27.9. The van der Waals surface area contributed by atoms with Gasteiger partial charge < -0.3 is 26.0 Å². The van der Waals surface area contributed by atoms with Crippen molar-refractivity contribution in [1.82, 2.24) is 34.9 Å². The van der Waals surface area contributed by atoms with E-state index in [0.717, 1.165) is 66.9 Å². The third-order valence-corrected chi connectivity index (χ3v) is 8.59. The fourth-order valence-corrected chi connectivity index (χ4v) is 6.15. The molecule has 1 saturated heterocycles. The van der Waals surface area contributed by atoms with E-state index in [2.05, 4.69) is 42.1 Å². The molecule has 11 heteroatoms. The summed E-state index contributed by atoms with van der Waals surface area (Å²) in [6, 6.07) is 15.9. The maximum Gasteiger partial charge on any atom is 0.319 e. The molecule has 11 nitrogen and oxygen atoms in total. The average molecular weight is 570 g/mol. The SMILES string of the molecule is COc1cccc(NC(=O)NCc2ccc(-c3nn(C4CCC(N5CCN(C)CC5)CC4)c4ncnc(N)c34)cc2)c1. The summed E-state index contributed by atoms with van der Waals surface area (Å²) in [6.07, 6.45) is 6.00. The zero-order valence-electron chi connectivity index (χ0n) is 24.3. The maximum absolute atomic E-state index is 12.4. The normalized spacial score (nSPS) is 20.0. The minimum atomic E-state index is -0.288. The summed E-state index contributed by atoms with van der Waals surface area (Å²) < 4.78 is 7.30. The van der Waals surface area contributed by atoms with Crippen molar-refractivity contribution in [2.24, 2.45) is 0 Å². The molecule has 4 N–H and O–H groups in total. The van der Waals surface area contributed by atoms with Crippen LogP contribution in [0.4, 0.5) is 16.3 Å². The first-order valence-electron chi connectivity index (χ1n) is 14.7. The minimum Gasteiger partial charge on any atom is -0.497 e. The zero-order valence-corrected chi connectivity index (χ0v) is 24.3. The Morgan fingerprint density at radius 3 is 2.48 bits per heavy atom. The maximum atomic E-state index is 12.4. The second-order valence-corrected chi connectivity index (χ2v) is 11.3. The Balaban J connectivity index is 1.13. The zero-order chi connectivity index (χ0) is 29.1. The number of rotatable bonds is 7. The van der Waals surface area contributed by atoms with E-state index in [1.54, 1.807) is 13.2 Å². The lowest BCUT2D eigenvalue weighted by Crippen LogP contribution is -2.49. The van der Waals surface area contributed by atoms with Crippen LogP contribution in [0.15, 0.2) is 54.9 Å². The Labute approximate surface area is 246 Å². The lowest BCUT2D eigenvalue weighted by molar-refractivity contribution is 0.0815. The lowest BCUT2D eigenvalue weighted by Gasteiger charge is -2.41. The molecule has 3 heterocycles. The number of nitrogens with zero attached hydrogens (tertiary/aromatic N) is 6. The van der Waals surface area contributed by atoms with Gasteiger partial charge in [0, 0.05) is 56.1 Å². The number of hydrogen-bond donors (Lipinski definition) is 3. The van der Waals surface area contributed by atoms with Crippen LogP contribution in [0.3, 0.4) is 0 Å². The largest absolute Gasteiger partial charge is 0.497 e. The van der Waals surface area contributed by atoms with Gasteiger partial charge in [0.15, 0.2) is 5.65 Å². The second kappa shape index (κ2) is 12.3. The Morgan fingerprint density at radius 1 is 1.00 bits per heavy atom. The van der Waals surface area contributed by atoms with Crippen molar-refractivity contribution in [3.63, 3.8) is 0 Å².